The first-order chi connectivity index (χ1) is 9.38. The van der Waals surface area contributed by atoms with Crippen molar-refractivity contribution >= 4 is 37.8 Å². The first kappa shape index (κ1) is 15.1. The molecule has 104 valence electrons. The standard InChI is InChI=1S/C15H13Br2NO2/c1-8-5-11(6-9(2)14(8)17)20-10-3-4-12(15(18)19)13(16)7-10/h3-7H,1-2H3,(H2,18,19). The lowest BCUT2D eigenvalue weighted by molar-refractivity contribution is 0.0999. The van der Waals surface area contributed by atoms with E-state index in [0.717, 1.165) is 21.3 Å². The first-order valence-corrected chi connectivity index (χ1v) is 7.51. The van der Waals surface area contributed by atoms with E-state index in [9.17, 15) is 4.79 Å². The van der Waals surface area contributed by atoms with E-state index in [0.29, 0.717) is 15.8 Å². The highest BCUT2D eigenvalue weighted by Crippen LogP contribution is 2.31. The Morgan fingerprint density at radius 1 is 1.05 bits per heavy atom. The minimum atomic E-state index is -0.473. The fourth-order valence-electron chi connectivity index (χ4n) is 1.86. The molecule has 0 saturated heterocycles. The van der Waals surface area contributed by atoms with E-state index in [2.05, 4.69) is 31.9 Å². The number of primary amides is 1. The number of carbonyl (C=O) groups excluding carboxylic acids is 1. The highest BCUT2D eigenvalue weighted by Gasteiger charge is 2.09. The molecule has 3 nitrogen and oxygen atoms in total. The second-order valence-corrected chi connectivity index (χ2v) is 6.13. The molecule has 1 amide bonds. The number of amides is 1. The van der Waals surface area contributed by atoms with Crippen molar-refractivity contribution in [3.8, 4) is 11.5 Å². The molecular weight excluding hydrogens is 386 g/mol. The molecular formula is C15H13Br2NO2. The molecule has 2 aromatic carbocycles. The Hall–Kier alpha value is -1.33. The molecule has 0 heterocycles. The van der Waals surface area contributed by atoms with Crippen molar-refractivity contribution in [1.82, 2.24) is 0 Å². The van der Waals surface area contributed by atoms with E-state index in [1.807, 2.05) is 26.0 Å². The third kappa shape index (κ3) is 3.22. The third-order valence-corrected chi connectivity index (χ3v) is 4.76. The van der Waals surface area contributed by atoms with Crippen LogP contribution in [0, 0.1) is 13.8 Å². The van der Waals surface area contributed by atoms with Gasteiger partial charge in [0.15, 0.2) is 0 Å². The fourth-order valence-corrected chi connectivity index (χ4v) is 2.64. The van der Waals surface area contributed by atoms with Gasteiger partial charge in [0.25, 0.3) is 0 Å². The number of rotatable bonds is 3. The number of benzene rings is 2. The largest absolute Gasteiger partial charge is 0.457 e. The summed E-state index contributed by atoms with van der Waals surface area (Å²) >= 11 is 6.83. The monoisotopic (exact) mass is 397 g/mol. The van der Waals surface area contributed by atoms with Gasteiger partial charge in [-0.25, -0.2) is 0 Å². The Morgan fingerprint density at radius 3 is 2.15 bits per heavy atom. The minimum Gasteiger partial charge on any atom is -0.457 e. The van der Waals surface area contributed by atoms with E-state index < -0.39 is 5.91 Å². The first-order valence-electron chi connectivity index (χ1n) is 5.92. The maximum absolute atomic E-state index is 11.2. The molecule has 0 bridgehead atoms. The molecule has 0 aromatic heterocycles. The SMILES string of the molecule is Cc1cc(Oc2ccc(C(N)=O)c(Br)c2)cc(C)c1Br. The van der Waals surface area contributed by atoms with Crippen LogP contribution in [0.5, 0.6) is 11.5 Å². The van der Waals surface area contributed by atoms with Gasteiger partial charge in [-0.3, -0.25) is 4.79 Å². The van der Waals surface area contributed by atoms with Crippen molar-refractivity contribution in [2.24, 2.45) is 5.73 Å². The van der Waals surface area contributed by atoms with Gasteiger partial charge < -0.3 is 10.5 Å². The lowest BCUT2D eigenvalue weighted by Crippen LogP contribution is -2.11. The van der Waals surface area contributed by atoms with Gasteiger partial charge in [-0.15, -0.1) is 0 Å². The molecule has 20 heavy (non-hydrogen) atoms. The maximum atomic E-state index is 11.2. The van der Waals surface area contributed by atoms with Gasteiger partial charge in [-0.1, -0.05) is 15.9 Å². The number of ether oxygens (including phenoxy) is 1. The zero-order valence-electron chi connectivity index (χ0n) is 11.0. The van der Waals surface area contributed by atoms with Crippen LogP contribution < -0.4 is 10.5 Å². The molecule has 2 aromatic rings. The van der Waals surface area contributed by atoms with Crippen LogP contribution >= 0.6 is 31.9 Å². The zero-order valence-corrected chi connectivity index (χ0v) is 14.2. The summed E-state index contributed by atoms with van der Waals surface area (Å²) in [7, 11) is 0. The normalized spacial score (nSPS) is 10.4. The Kier molecular flexibility index (Phi) is 4.50. The highest BCUT2D eigenvalue weighted by atomic mass is 79.9. The van der Waals surface area contributed by atoms with Crippen LogP contribution in [0.2, 0.25) is 0 Å². The van der Waals surface area contributed by atoms with Crippen LogP contribution in [0.15, 0.2) is 39.3 Å². The minimum absolute atomic E-state index is 0.431. The number of hydrogen-bond acceptors (Lipinski definition) is 2. The quantitative estimate of drug-likeness (QED) is 0.813. The second kappa shape index (κ2) is 5.97. The molecule has 0 aliphatic carbocycles. The zero-order chi connectivity index (χ0) is 14.9. The number of hydrogen-bond donors (Lipinski definition) is 1. The number of aryl methyl sites for hydroxylation is 2. The summed E-state index contributed by atoms with van der Waals surface area (Å²) in [4.78, 5) is 11.2. The smallest absolute Gasteiger partial charge is 0.249 e. The molecule has 0 aliphatic rings. The van der Waals surface area contributed by atoms with Crippen LogP contribution in [-0.2, 0) is 0 Å². The molecule has 2 N–H and O–H groups in total. The molecule has 0 saturated carbocycles. The van der Waals surface area contributed by atoms with Crippen molar-refractivity contribution in [1.29, 1.82) is 0 Å². The Labute approximate surface area is 134 Å². The average molecular weight is 399 g/mol. The second-order valence-electron chi connectivity index (χ2n) is 4.48. The fraction of sp³-hybridized carbons (Fsp3) is 0.133. The molecule has 0 atom stereocenters. The Balaban J connectivity index is 2.31. The van der Waals surface area contributed by atoms with Crippen molar-refractivity contribution in [3.63, 3.8) is 0 Å². The number of carbonyl (C=O) groups is 1. The van der Waals surface area contributed by atoms with Crippen molar-refractivity contribution in [3.05, 3.63) is 56.0 Å². The number of nitrogens with two attached hydrogens (primary N) is 1. The Bertz CT molecular complexity index is 661. The van der Waals surface area contributed by atoms with Gasteiger partial charge >= 0.3 is 0 Å². The van der Waals surface area contributed by atoms with E-state index >= 15 is 0 Å². The van der Waals surface area contributed by atoms with Crippen LogP contribution in [0.1, 0.15) is 21.5 Å². The van der Waals surface area contributed by atoms with E-state index in [1.54, 1.807) is 18.2 Å². The average Bonchev–Trinajstić information content (AvgIpc) is 2.35. The van der Waals surface area contributed by atoms with E-state index in [-0.39, 0.29) is 0 Å². The lowest BCUT2D eigenvalue weighted by atomic mass is 10.1. The van der Waals surface area contributed by atoms with Crippen LogP contribution in [0.3, 0.4) is 0 Å². The summed E-state index contributed by atoms with van der Waals surface area (Å²) in [5, 5.41) is 0. The summed E-state index contributed by atoms with van der Waals surface area (Å²) in [6.07, 6.45) is 0. The third-order valence-electron chi connectivity index (χ3n) is 2.85. The highest BCUT2D eigenvalue weighted by molar-refractivity contribution is 9.10. The molecule has 2 rings (SSSR count). The predicted octanol–water partition coefficient (Wildman–Crippen LogP) is 4.72. The topological polar surface area (TPSA) is 52.3 Å². The van der Waals surface area contributed by atoms with Crippen LogP contribution in [-0.4, -0.2) is 5.91 Å². The van der Waals surface area contributed by atoms with Gasteiger partial charge in [-0.2, -0.15) is 0 Å². The van der Waals surface area contributed by atoms with Gasteiger partial charge in [0.1, 0.15) is 11.5 Å². The van der Waals surface area contributed by atoms with Gasteiger partial charge in [0.05, 0.1) is 5.56 Å². The summed E-state index contributed by atoms with van der Waals surface area (Å²) in [6, 6.07) is 8.99. The molecule has 0 radical (unpaired) electrons. The Morgan fingerprint density at radius 2 is 1.65 bits per heavy atom. The summed E-state index contributed by atoms with van der Waals surface area (Å²) < 4.78 is 7.50. The van der Waals surface area contributed by atoms with Crippen molar-refractivity contribution < 1.29 is 9.53 Å². The predicted molar refractivity (Wildman–Crippen MR) is 86.3 cm³/mol. The van der Waals surface area contributed by atoms with Crippen LogP contribution in [0.4, 0.5) is 0 Å². The van der Waals surface area contributed by atoms with Gasteiger partial charge in [0.2, 0.25) is 5.91 Å². The summed E-state index contributed by atoms with van der Waals surface area (Å²) in [5.74, 6) is 0.920. The lowest BCUT2D eigenvalue weighted by Gasteiger charge is -2.11. The van der Waals surface area contributed by atoms with Gasteiger partial charge in [-0.05, 0) is 71.2 Å². The van der Waals surface area contributed by atoms with Crippen molar-refractivity contribution in [2.75, 3.05) is 0 Å². The van der Waals surface area contributed by atoms with Crippen molar-refractivity contribution in [2.45, 2.75) is 13.8 Å². The molecule has 0 aliphatic heterocycles. The molecule has 5 heteroatoms. The van der Waals surface area contributed by atoms with Gasteiger partial charge in [0, 0.05) is 8.95 Å². The summed E-state index contributed by atoms with van der Waals surface area (Å²) in [5.41, 5.74) is 7.90. The molecule has 0 unspecified atom stereocenters. The maximum Gasteiger partial charge on any atom is 0.249 e. The molecule has 0 fully saturated rings. The summed E-state index contributed by atoms with van der Waals surface area (Å²) in [6.45, 7) is 4.02. The van der Waals surface area contributed by atoms with E-state index in [1.165, 1.54) is 0 Å². The van der Waals surface area contributed by atoms with Crippen LogP contribution in [0.25, 0.3) is 0 Å². The van der Waals surface area contributed by atoms with E-state index in [4.69, 9.17) is 10.5 Å². The number of halogens is 2. The molecule has 0 spiro atoms.